The topological polar surface area (TPSA) is 78.1 Å². The number of thioether (sulfide) groups is 1. The van der Waals surface area contributed by atoms with Gasteiger partial charge in [0.15, 0.2) is 5.82 Å². The lowest BCUT2D eigenvalue weighted by molar-refractivity contribution is -0.140. The zero-order chi connectivity index (χ0) is 11.3. The number of carbonyl (C=O) groups is 1. The van der Waals surface area contributed by atoms with Crippen molar-refractivity contribution >= 4 is 23.5 Å². The van der Waals surface area contributed by atoms with Gasteiger partial charge in [-0.15, -0.1) is 0 Å². The SMILES string of the molecule is COC(=O)CC(C)Sc1nccnc1N. The summed E-state index contributed by atoms with van der Waals surface area (Å²) in [5.74, 6) is 0.150. The Morgan fingerprint density at radius 1 is 1.60 bits per heavy atom. The zero-order valence-corrected chi connectivity index (χ0v) is 9.45. The van der Waals surface area contributed by atoms with E-state index >= 15 is 0 Å². The first-order valence-electron chi connectivity index (χ1n) is 4.43. The molecule has 0 aliphatic carbocycles. The molecule has 5 nitrogen and oxygen atoms in total. The number of esters is 1. The van der Waals surface area contributed by atoms with Crippen molar-refractivity contribution in [2.75, 3.05) is 12.8 Å². The van der Waals surface area contributed by atoms with Crippen LogP contribution in [-0.2, 0) is 9.53 Å². The van der Waals surface area contributed by atoms with Gasteiger partial charge in [-0.1, -0.05) is 18.7 Å². The molecule has 0 aromatic carbocycles. The molecule has 1 aromatic heterocycles. The molecule has 0 amide bonds. The monoisotopic (exact) mass is 227 g/mol. The van der Waals surface area contributed by atoms with Gasteiger partial charge in [0, 0.05) is 17.6 Å². The number of nitrogens with zero attached hydrogens (tertiary/aromatic N) is 2. The number of rotatable bonds is 4. The van der Waals surface area contributed by atoms with Crippen LogP contribution in [0.4, 0.5) is 5.82 Å². The third-order valence-corrected chi connectivity index (χ3v) is 2.79. The normalized spacial score (nSPS) is 12.1. The summed E-state index contributed by atoms with van der Waals surface area (Å²) in [7, 11) is 1.37. The molecule has 15 heavy (non-hydrogen) atoms. The van der Waals surface area contributed by atoms with Gasteiger partial charge in [-0.3, -0.25) is 4.79 Å². The summed E-state index contributed by atoms with van der Waals surface area (Å²) in [5.41, 5.74) is 5.62. The van der Waals surface area contributed by atoms with Gasteiger partial charge in [0.05, 0.1) is 13.5 Å². The van der Waals surface area contributed by atoms with E-state index in [2.05, 4.69) is 14.7 Å². The quantitative estimate of drug-likeness (QED) is 0.613. The summed E-state index contributed by atoms with van der Waals surface area (Å²) in [6, 6.07) is 0. The van der Waals surface area contributed by atoms with Crippen LogP contribution < -0.4 is 5.73 Å². The van der Waals surface area contributed by atoms with Crippen LogP contribution in [0.1, 0.15) is 13.3 Å². The lowest BCUT2D eigenvalue weighted by Gasteiger charge is -2.09. The van der Waals surface area contributed by atoms with E-state index in [-0.39, 0.29) is 11.2 Å². The van der Waals surface area contributed by atoms with Crippen molar-refractivity contribution in [1.29, 1.82) is 0 Å². The smallest absolute Gasteiger partial charge is 0.306 e. The molecule has 0 bridgehead atoms. The van der Waals surface area contributed by atoms with Crippen molar-refractivity contribution in [2.45, 2.75) is 23.6 Å². The summed E-state index contributed by atoms with van der Waals surface area (Å²) >= 11 is 1.41. The van der Waals surface area contributed by atoms with E-state index in [4.69, 9.17) is 5.73 Å². The van der Waals surface area contributed by atoms with E-state index in [9.17, 15) is 4.79 Å². The van der Waals surface area contributed by atoms with Crippen molar-refractivity contribution in [3.05, 3.63) is 12.4 Å². The van der Waals surface area contributed by atoms with Crippen LogP contribution in [0, 0.1) is 0 Å². The molecule has 0 fully saturated rings. The van der Waals surface area contributed by atoms with Gasteiger partial charge in [-0.25, -0.2) is 9.97 Å². The van der Waals surface area contributed by atoms with E-state index in [1.807, 2.05) is 6.92 Å². The Morgan fingerprint density at radius 2 is 2.27 bits per heavy atom. The molecule has 1 heterocycles. The van der Waals surface area contributed by atoms with Crippen molar-refractivity contribution in [3.63, 3.8) is 0 Å². The lowest BCUT2D eigenvalue weighted by atomic mass is 10.3. The number of aromatic nitrogens is 2. The Kier molecular flexibility index (Phi) is 4.36. The molecule has 1 unspecified atom stereocenters. The summed E-state index contributed by atoms with van der Waals surface area (Å²) in [4.78, 5) is 19.0. The third-order valence-electron chi connectivity index (χ3n) is 1.69. The predicted molar refractivity (Wildman–Crippen MR) is 58.4 cm³/mol. The largest absolute Gasteiger partial charge is 0.469 e. The van der Waals surface area contributed by atoms with Gasteiger partial charge < -0.3 is 10.5 Å². The van der Waals surface area contributed by atoms with Crippen LogP contribution in [-0.4, -0.2) is 28.3 Å². The number of anilines is 1. The van der Waals surface area contributed by atoms with Crippen molar-refractivity contribution in [2.24, 2.45) is 0 Å². The van der Waals surface area contributed by atoms with Crippen LogP contribution in [0.5, 0.6) is 0 Å². The van der Waals surface area contributed by atoms with E-state index in [1.54, 1.807) is 6.20 Å². The Balaban J connectivity index is 2.55. The van der Waals surface area contributed by atoms with Crippen LogP contribution >= 0.6 is 11.8 Å². The van der Waals surface area contributed by atoms with Gasteiger partial charge >= 0.3 is 5.97 Å². The zero-order valence-electron chi connectivity index (χ0n) is 8.64. The highest BCUT2D eigenvalue weighted by molar-refractivity contribution is 8.00. The Hall–Kier alpha value is -1.30. The highest BCUT2D eigenvalue weighted by atomic mass is 32.2. The fraction of sp³-hybridized carbons (Fsp3) is 0.444. The first-order valence-corrected chi connectivity index (χ1v) is 5.31. The van der Waals surface area contributed by atoms with Gasteiger partial charge in [-0.2, -0.15) is 0 Å². The van der Waals surface area contributed by atoms with Crippen LogP contribution in [0.2, 0.25) is 0 Å². The minimum Gasteiger partial charge on any atom is -0.469 e. The van der Waals surface area contributed by atoms with E-state index < -0.39 is 0 Å². The summed E-state index contributed by atoms with van der Waals surface area (Å²) < 4.78 is 4.57. The molecular formula is C9H13N3O2S. The maximum atomic E-state index is 11.0. The standard InChI is InChI=1S/C9H13N3O2S/c1-6(5-7(13)14-2)15-9-8(10)11-3-4-12-9/h3-4,6H,5H2,1-2H3,(H2,10,11). The number of hydrogen-bond acceptors (Lipinski definition) is 6. The van der Waals surface area contributed by atoms with Crippen molar-refractivity contribution < 1.29 is 9.53 Å². The van der Waals surface area contributed by atoms with Gasteiger partial charge in [0.2, 0.25) is 0 Å². The Morgan fingerprint density at radius 3 is 2.87 bits per heavy atom. The molecular weight excluding hydrogens is 214 g/mol. The third kappa shape index (κ3) is 3.75. The lowest BCUT2D eigenvalue weighted by Crippen LogP contribution is -2.09. The van der Waals surface area contributed by atoms with Gasteiger partial charge in [0.1, 0.15) is 5.03 Å². The Bertz CT molecular complexity index is 346. The molecule has 1 aromatic rings. The molecule has 1 atom stereocenters. The second-order valence-electron chi connectivity index (χ2n) is 2.96. The van der Waals surface area contributed by atoms with Crippen molar-refractivity contribution in [3.8, 4) is 0 Å². The number of nitrogens with two attached hydrogens (primary N) is 1. The molecule has 2 N–H and O–H groups in total. The van der Waals surface area contributed by atoms with Gasteiger partial charge in [-0.05, 0) is 0 Å². The van der Waals surface area contributed by atoms with Gasteiger partial charge in [0.25, 0.3) is 0 Å². The first-order chi connectivity index (χ1) is 7.13. The van der Waals surface area contributed by atoms with Crippen LogP contribution in [0.15, 0.2) is 17.4 Å². The van der Waals surface area contributed by atoms with Crippen LogP contribution in [0.3, 0.4) is 0 Å². The van der Waals surface area contributed by atoms with E-state index in [1.165, 1.54) is 25.1 Å². The summed E-state index contributed by atoms with van der Waals surface area (Å²) in [5, 5.41) is 0.713. The second-order valence-corrected chi connectivity index (χ2v) is 4.38. The number of ether oxygens (including phenoxy) is 1. The molecule has 0 radical (unpaired) electrons. The molecule has 6 heteroatoms. The average molecular weight is 227 g/mol. The molecule has 0 aliphatic rings. The van der Waals surface area contributed by atoms with E-state index in [0.29, 0.717) is 17.3 Å². The maximum Gasteiger partial charge on any atom is 0.306 e. The first kappa shape index (κ1) is 11.8. The minimum absolute atomic E-state index is 0.0662. The van der Waals surface area contributed by atoms with E-state index in [0.717, 1.165) is 0 Å². The number of methoxy groups -OCH3 is 1. The molecule has 1 rings (SSSR count). The average Bonchev–Trinajstić information content (AvgIpc) is 2.21. The molecule has 0 saturated carbocycles. The maximum absolute atomic E-state index is 11.0. The molecule has 0 aliphatic heterocycles. The predicted octanol–water partition coefficient (Wildman–Crippen LogP) is 1.10. The summed E-state index contributed by atoms with van der Waals surface area (Å²) in [6.45, 7) is 1.91. The van der Waals surface area contributed by atoms with Crippen LogP contribution in [0.25, 0.3) is 0 Å². The number of hydrogen-bond donors (Lipinski definition) is 1. The number of nitrogen functional groups attached to an aromatic ring is 1. The molecule has 0 spiro atoms. The molecule has 0 saturated heterocycles. The Labute approximate surface area is 92.4 Å². The highest BCUT2D eigenvalue weighted by Crippen LogP contribution is 2.26. The fourth-order valence-corrected chi connectivity index (χ4v) is 1.87. The second kappa shape index (κ2) is 5.55. The minimum atomic E-state index is -0.238. The van der Waals surface area contributed by atoms with Crippen molar-refractivity contribution in [1.82, 2.24) is 9.97 Å². The molecule has 82 valence electrons. The number of carbonyl (C=O) groups excluding carboxylic acids is 1. The fourth-order valence-electron chi connectivity index (χ4n) is 0.977. The summed E-state index contributed by atoms with van der Waals surface area (Å²) in [6.07, 6.45) is 3.44. The highest BCUT2D eigenvalue weighted by Gasteiger charge is 2.13.